The molecule has 3 heterocycles. The summed E-state index contributed by atoms with van der Waals surface area (Å²) >= 11 is 0. The van der Waals surface area contributed by atoms with Gasteiger partial charge in [-0.1, -0.05) is 43.7 Å². The van der Waals surface area contributed by atoms with Gasteiger partial charge in [-0.15, -0.1) is 0 Å². The van der Waals surface area contributed by atoms with Gasteiger partial charge in [0.05, 0.1) is 5.52 Å². The van der Waals surface area contributed by atoms with Crippen LogP contribution in [0.25, 0.3) is 11.0 Å². The fourth-order valence-corrected chi connectivity index (χ4v) is 5.67. The fraction of sp³-hybridized carbons (Fsp3) is 0.500. The van der Waals surface area contributed by atoms with Crippen molar-refractivity contribution in [2.24, 2.45) is 13.0 Å². The molecular weight excluding hydrogens is 436 g/mol. The topological polar surface area (TPSA) is 78.0 Å². The van der Waals surface area contributed by atoms with E-state index in [1.54, 1.807) is 13.1 Å². The summed E-state index contributed by atoms with van der Waals surface area (Å²) in [5, 5.41) is 9.46. The van der Waals surface area contributed by atoms with E-state index in [1.165, 1.54) is 28.5 Å². The van der Waals surface area contributed by atoms with Crippen LogP contribution in [0.5, 0.6) is 0 Å². The molecule has 0 amide bonds. The molecule has 182 valence electrons. The number of anilines is 1. The second kappa shape index (κ2) is 9.43. The fourth-order valence-electron chi connectivity index (χ4n) is 5.67. The molecule has 0 N–H and O–H groups in total. The molecule has 1 aliphatic heterocycles. The normalized spacial score (nSPS) is 21.7. The van der Waals surface area contributed by atoms with Crippen LogP contribution >= 0.6 is 0 Å². The molecule has 1 saturated carbocycles. The van der Waals surface area contributed by atoms with E-state index < -0.39 is 0 Å². The van der Waals surface area contributed by atoms with Crippen LogP contribution in [0.2, 0.25) is 0 Å². The summed E-state index contributed by atoms with van der Waals surface area (Å²) in [7, 11) is 1.71. The van der Waals surface area contributed by atoms with Crippen molar-refractivity contribution in [1.82, 2.24) is 19.4 Å². The van der Waals surface area contributed by atoms with Crippen LogP contribution in [-0.2, 0) is 7.05 Å². The van der Waals surface area contributed by atoms with Gasteiger partial charge in [0, 0.05) is 38.3 Å². The highest BCUT2D eigenvalue weighted by Crippen LogP contribution is 2.47. The Labute approximate surface area is 207 Å². The van der Waals surface area contributed by atoms with Gasteiger partial charge >= 0.3 is 5.69 Å². The number of rotatable bonds is 6. The lowest BCUT2D eigenvalue weighted by Gasteiger charge is -2.50. The number of hydrogen-bond acceptors (Lipinski definition) is 6. The molecule has 1 saturated heterocycles. The average molecular weight is 471 g/mol. The van der Waals surface area contributed by atoms with Gasteiger partial charge in [-0.25, -0.2) is 9.78 Å². The summed E-state index contributed by atoms with van der Waals surface area (Å²) in [4.78, 5) is 26.9. The third-order valence-electron chi connectivity index (χ3n) is 7.85. The Morgan fingerprint density at radius 2 is 1.74 bits per heavy atom. The molecule has 3 atom stereocenters. The Bertz CT molecular complexity index is 1320. The number of fused-ring (bicyclic) bond motifs is 1. The molecule has 2 aliphatic rings. The molecule has 0 radical (unpaired) electrons. The first-order chi connectivity index (χ1) is 16.9. The van der Waals surface area contributed by atoms with Gasteiger partial charge in [0.2, 0.25) is 0 Å². The van der Waals surface area contributed by atoms with Crippen molar-refractivity contribution >= 4 is 16.9 Å². The molecule has 2 fully saturated rings. The van der Waals surface area contributed by atoms with Crippen LogP contribution in [0.3, 0.4) is 0 Å². The third kappa shape index (κ3) is 4.32. The Kier molecular flexibility index (Phi) is 6.33. The number of aryl methyl sites for hydroxylation is 2. The van der Waals surface area contributed by atoms with Gasteiger partial charge in [0.1, 0.15) is 17.3 Å². The van der Waals surface area contributed by atoms with Crippen LogP contribution in [0, 0.1) is 24.2 Å². The molecule has 5 rings (SSSR count). The third-order valence-corrected chi connectivity index (χ3v) is 7.85. The second-order valence-electron chi connectivity index (χ2n) is 10.1. The van der Waals surface area contributed by atoms with Gasteiger partial charge in [0.15, 0.2) is 5.82 Å². The zero-order chi connectivity index (χ0) is 24.7. The second-order valence-corrected chi connectivity index (χ2v) is 10.1. The molecule has 7 nitrogen and oxygen atoms in total. The van der Waals surface area contributed by atoms with Crippen LogP contribution < -0.4 is 10.6 Å². The van der Waals surface area contributed by atoms with Gasteiger partial charge in [0.25, 0.3) is 0 Å². The summed E-state index contributed by atoms with van der Waals surface area (Å²) in [6.45, 7) is 8.31. The Morgan fingerprint density at radius 1 is 1.03 bits per heavy atom. The smallest absolute Gasteiger partial charge is 0.349 e. The minimum Gasteiger partial charge on any atom is -0.349 e. The minimum atomic E-state index is -0.292. The first-order valence-corrected chi connectivity index (χ1v) is 12.8. The quantitative estimate of drug-likeness (QED) is 0.533. The van der Waals surface area contributed by atoms with E-state index in [0.29, 0.717) is 40.5 Å². The molecule has 3 aromatic rings. The van der Waals surface area contributed by atoms with Gasteiger partial charge in [-0.05, 0) is 56.2 Å². The Hall–Kier alpha value is -3.24. The lowest BCUT2D eigenvalue weighted by Crippen LogP contribution is -2.59. The summed E-state index contributed by atoms with van der Waals surface area (Å²) < 4.78 is 1.52. The van der Waals surface area contributed by atoms with E-state index >= 15 is 0 Å². The van der Waals surface area contributed by atoms with E-state index in [9.17, 15) is 10.1 Å². The number of benzene rings is 1. The van der Waals surface area contributed by atoms with Crippen molar-refractivity contribution in [3.05, 3.63) is 63.7 Å². The predicted octanol–water partition coefficient (Wildman–Crippen LogP) is 4.34. The number of nitriles is 1. The van der Waals surface area contributed by atoms with Crippen molar-refractivity contribution in [3.8, 4) is 6.07 Å². The lowest BCUT2D eigenvalue weighted by molar-refractivity contribution is 0.0801. The van der Waals surface area contributed by atoms with Crippen molar-refractivity contribution in [1.29, 1.82) is 5.26 Å². The SMILES string of the molecule is CC[C@H]1CN([C@@H](c2ccc(C)cc2)C2CC2)[C@H](CC)CN1c1nc(=O)n(C)c2ccc(C#N)nc12. The summed E-state index contributed by atoms with van der Waals surface area (Å²) in [5.41, 5.74) is 4.09. The summed E-state index contributed by atoms with van der Waals surface area (Å²) in [6.07, 6.45) is 4.53. The van der Waals surface area contributed by atoms with Crippen molar-refractivity contribution in [2.75, 3.05) is 18.0 Å². The van der Waals surface area contributed by atoms with E-state index in [0.717, 1.165) is 25.9 Å². The number of hydrogen-bond donors (Lipinski definition) is 0. The minimum absolute atomic E-state index is 0.208. The van der Waals surface area contributed by atoms with Crippen molar-refractivity contribution in [2.45, 2.75) is 64.6 Å². The highest BCUT2D eigenvalue weighted by molar-refractivity contribution is 5.86. The predicted molar refractivity (Wildman–Crippen MR) is 138 cm³/mol. The van der Waals surface area contributed by atoms with Crippen LogP contribution in [0.4, 0.5) is 5.82 Å². The maximum absolute atomic E-state index is 12.8. The largest absolute Gasteiger partial charge is 0.349 e. The molecule has 0 bridgehead atoms. The lowest BCUT2D eigenvalue weighted by atomic mass is 9.93. The molecule has 7 heteroatoms. The zero-order valence-corrected chi connectivity index (χ0v) is 21.1. The molecule has 2 aromatic heterocycles. The van der Waals surface area contributed by atoms with Gasteiger partial charge < -0.3 is 4.90 Å². The molecule has 0 spiro atoms. The highest BCUT2D eigenvalue weighted by atomic mass is 16.1. The van der Waals surface area contributed by atoms with E-state index in [1.807, 2.05) is 6.07 Å². The van der Waals surface area contributed by atoms with Crippen LogP contribution in [-0.4, -0.2) is 44.6 Å². The van der Waals surface area contributed by atoms with Crippen LogP contribution in [0.1, 0.15) is 62.4 Å². The number of aromatic nitrogens is 3. The number of pyridine rings is 1. The molecule has 0 unspecified atom stereocenters. The monoisotopic (exact) mass is 470 g/mol. The zero-order valence-electron chi connectivity index (χ0n) is 21.1. The Balaban J connectivity index is 1.56. The number of nitrogens with zero attached hydrogens (tertiary/aromatic N) is 6. The highest BCUT2D eigenvalue weighted by Gasteiger charge is 2.43. The van der Waals surface area contributed by atoms with E-state index in [-0.39, 0.29) is 11.7 Å². The Morgan fingerprint density at radius 3 is 2.37 bits per heavy atom. The van der Waals surface area contributed by atoms with Gasteiger partial charge in [-0.2, -0.15) is 10.2 Å². The number of piperazine rings is 1. The average Bonchev–Trinajstić information content (AvgIpc) is 3.72. The van der Waals surface area contributed by atoms with E-state index in [2.05, 4.69) is 70.9 Å². The van der Waals surface area contributed by atoms with Crippen molar-refractivity contribution < 1.29 is 0 Å². The van der Waals surface area contributed by atoms with Crippen molar-refractivity contribution in [3.63, 3.8) is 0 Å². The first kappa shape index (κ1) is 23.5. The van der Waals surface area contributed by atoms with Gasteiger partial charge in [-0.3, -0.25) is 9.47 Å². The standard InChI is InChI=1S/C28H34N6O/c1-5-22-17-34(27-25-24(32(4)28(35)31-27)14-13-21(15-29)30-25)23(6-2)16-33(22)26(20-11-12-20)19-9-7-18(3)8-10-19/h7-10,13-14,20,22-23,26H,5-6,11-12,16-17H2,1-4H3/t22-,23+,26+/m1/s1. The molecule has 1 aromatic carbocycles. The maximum Gasteiger partial charge on any atom is 0.349 e. The summed E-state index contributed by atoms with van der Waals surface area (Å²) in [5.74, 6) is 1.32. The van der Waals surface area contributed by atoms with E-state index in [4.69, 9.17) is 0 Å². The molecule has 1 aliphatic carbocycles. The summed E-state index contributed by atoms with van der Waals surface area (Å²) in [6, 6.07) is 15.7. The maximum atomic E-state index is 12.8. The molecule has 35 heavy (non-hydrogen) atoms. The van der Waals surface area contributed by atoms with Crippen LogP contribution in [0.15, 0.2) is 41.2 Å². The first-order valence-electron chi connectivity index (χ1n) is 12.8. The molecular formula is C28H34N6O.